The van der Waals surface area contributed by atoms with Gasteiger partial charge in [0, 0.05) is 13.1 Å². The Bertz CT molecular complexity index is 609. The van der Waals surface area contributed by atoms with Gasteiger partial charge in [-0.25, -0.2) is 0 Å². The number of aliphatic hydroxyl groups is 1. The molecule has 0 saturated carbocycles. The molecular formula is C17H17NO2. The summed E-state index contributed by atoms with van der Waals surface area (Å²) in [4.78, 5) is 14.1. The average molecular weight is 267 g/mol. The number of hydrogen-bond donors (Lipinski definition) is 1. The number of aliphatic hydroxyl groups excluding tert-OH is 1. The topological polar surface area (TPSA) is 40.5 Å². The summed E-state index contributed by atoms with van der Waals surface area (Å²) in [7, 11) is 0. The minimum atomic E-state index is -1.07. The van der Waals surface area contributed by atoms with Gasteiger partial charge in [0.05, 0.1) is 0 Å². The molecule has 0 radical (unpaired) electrons. The fourth-order valence-electron chi connectivity index (χ4n) is 2.63. The molecule has 1 unspecified atom stereocenters. The van der Waals surface area contributed by atoms with Crippen molar-refractivity contribution in [3.05, 3.63) is 71.3 Å². The van der Waals surface area contributed by atoms with E-state index in [0.717, 1.165) is 6.42 Å². The van der Waals surface area contributed by atoms with Gasteiger partial charge in [0.25, 0.3) is 5.91 Å². The Morgan fingerprint density at radius 3 is 2.40 bits per heavy atom. The minimum absolute atomic E-state index is 0.217. The fraction of sp³-hybridized carbons (Fsp3) is 0.235. The Labute approximate surface area is 118 Å². The summed E-state index contributed by atoms with van der Waals surface area (Å²) in [5.74, 6) is -0.217. The molecule has 1 N–H and O–H groups in total. The standard InChI is InChI=1S/C17H17NO2/c19-16(14-7-2-1-3-8-14)17(20)18-11-10-13-6-4-5-9-15(13)12-18/h1-9,16,19H,10-12H2. The lowest BCUT2D eigenvalue weighted by Gasteiger charge is -2.30. The lowest BCUT2D eigenvalue weighted by Crippen LogP contribution is -2.39. The molecule has 0 aliphatic carbocycles. The molecule has 1 amide bonds. The Morgan fingerprint density at radius 1 is 1.00 bits per heavy atom. The second kappa shape index (κ2) is 5.47. The summed E-state index contributed by atoms with van der Waals surface area (Å²) in [6.07, 6.45) is -0.217. The highest BCUT2D eigenvalue weighted by molar-refractivity contribution is 5.82. The van der Waals surface area contributed by atoms with E-state index in [0.29, 0.717) is 18.7 Å². The van der Waals surface area contributed by atoms with Crippen LogP contribution in [0.5, 0.6) is 0 Å². The van der Waals surface area contributed by atoms with E-state index >= 15 is 0 Å². The van der Waals surface area contributed by atoms with Gasteiger partial charge in [0.15, 0.2) is 6.10 Å². The van der Waals surface area contributed by atoms with E-state index in [-0.39, 0.29) is 5.91 Å². The highest BCUT2D eigenvalue weighted by atomic mass is 16.3. The summed E-state index contributed by atoms with van der Waals surface area (Å²) in [5, 5.41) is 10.2. The van der Waals surface area contributed by atoms with Crippen LogP contribution in [0.4, 0.5) is 0 Å². The van der Waals surface area contributed by atoms with Crippen molar-refractivity contribution in [2.75, 3.05) is 6.54 Å². The minimum Gasteiger partial charge on any atom is -0.378 e. The monoisotopic (exact) mass is 267 g/mol. The molecule has 1 aliphatic heterocycles. The van der Waals surface area contributed by atoms with Gasteiger partial charge in [-0.1, -0.05) is 54.6 Å². The van der Waals surface area contributed by atoms with Crippen molar-refractivity contribution in [3.63, 3.8) is 0 Å². The van der Waals surface area contributed by atoms with Gasteiger partial charge in [-0.3, -0.25) is 4.79 Å². The molecule has 1 aliphatic rings. The molecule has 0 fully saturated rings. The third-order valence-electron chi connectivity index (χ3n) is 3.79. The van der Waals surface area contributed by atoms with Crippen molar-refractivity contribution >= 4 is 5.91 Å². The predicted octanol–water partition coefficient (Wildman–Crippen LogP) is 2.30. The normalized spacial score (nSPS) is 15.6. The summed E-state index contributed by atoms with van der Waals surface area (Å²) in [5.41, 5.74) is 3.12. The number of nitrogens with zero attached hydrogens (tertiary/aromatic N) is 1. The predicted molar refractivity (Wildman–Crippen MR) is 77.0 cm³/mol. The number of carbonyl (C=O) groups is 1. The first kappa shape index (κ1) is 12.9. The van der Waals surface area contributed by atoms with E-state index in [1.54, 1.807) is 17.0 Å². The van der Waals surface area contributed by atoms with Gasteiger partial charge in [-0.15, -0.1) is 0 Å². The van der Waals surface area contributed by atoms with Gasteiger partial charge < -0.3 is 10.0 Å². The van der Waals surface area contributed by atoms with E-state index in [1.807, 2.05) is 36.4 Å². The van der Waals surface area contributed by atoms with Crippen molar-refractivity contribution in [2.45, 2.75) is 19.1 Å². The summed E-state index contributed by atoms with van der Waals surface area (Å²) >= 11 is 0. The molecule has 102 valence electrons. The number of benzene rings is 2. The smallest absolute Gasteiger partial charge is 0.256 e. The van der Waals surface area contributed by atoms with E-state index in [4.69, 9.17) is 0 Å². The second-order valence-corrected chi connectivity index (χ2v) is 5.09. The lowest BCUT2D eigenvalue weighted by molar-refractivity contribution is -0.141. The number of rotatable bonds is 2. The molecule has 3 nitrogen and oxygen atoms in total. The average Bonchev–Trinajstić information content (AvgIpc) is 2.54. The third-order valence-corrected chi connectivity index (χ3v) is 3.79. The maximum Gasteiger partial charge on any atom is 0.256 e. The van der Waals surface area contributed by atoms with Crippen molar-refractivity contribution in [1.29, 1.82) is 0 Å². The molecule has 0 saturated heterocycles. The Balaban J connectivity index is 1.76. The van der Waals surface area contributed by atoms with Gasteiger partial charge in [0.2, 0.25) is 0 Å². The molecule has 3 rings (SSSR count). The van der Waals surface area contributed by atoms with Crippen LogP contribution in [0.15, 0.2) is 54.6 Å². The highest BCUT2D eigenvalue weighted by Crippen LogP contribution is 2.22. The molecule has 2 aromatic rings. The zero-order chi connectivity index (χ0) is 13.9. The first-order valence-corrected chi connectivity index (χ1v) is 6.84. The van der Waals surface area contributed by atoms with Crippen LogP contribution in [-0.4, -0.2) is 22.5 Å². The molecular weight excluding hydrogens is 250 g/mol. The number of fused-ring (bicyclic) bond motifs is 1. The first-order chi connectivity index (χ1) is 9.75. The van der Waals surface area contributed by atoms with E-state index in [2.05, 4.69) is 6.07 Å². The van der Waals surface area contributed by atoms with Crippen LogP contribution in [0.3, 0.4) is 0 Å². The number of hydrogen-bond acceptors (Lipinski definition) is 2. The maximum absolute atomic E-state index is 12.4. The molecule has 1 atom stereocenters. The highest BCUT2D eigenvalue weighted by Gasteiger charge is 2.26. The number of amides is 1. The Morgan fingerprint density at radius 2 is 1.65 bits per heavy atom. The van der Waals surface area contributed by atoms with Crippen molar-refractivity contribution in [2.24, 2.45) is 0 Å². The van der Waals surface area contributed by atoms with Crippen LogP contribution in [0.1, 0.15) is 22.8 Å². The molecule has 3 heteroatoms. The van der Waals surface area contributed by atoms with Crippen molar-refractivity contribution in [3.8, 4) is 0 Å². The Hall–Kier alpha value is -2.13. The van der Waals surface area contributed by atoms with Crippen LogP contribution in [0.2, 0.25) is 0 Å². The third kappa shape index (κ3) is 2.45. The maximum atomic E-state index is 12.4. The van der Waals surface area contributed by atoms with Crippen LogP contribution in [-0.2, 0) is 17.8 Å². The van der Waals surface area contributed by atoms with E-state index < -0.39 is 6.10 Å². The van der Waals surface area contributed by atoms with Crippen molar-refractivity contribution in [1.82, 2.24) is 4.90 Å². The first-order valence-electron chi connectivity index (χ1n) is 6.84. The van der Waals surface area contributed by atoms with Crippen LogP contribution < -0.4 is 0 Å². The van der Waals surface area contributed by atoms with E-state index in [1.165, 1.54) is 11.1 Å². The van der Waals surface area contributed by atoms with Crippen LogP contribution in [0.25, 0.3) is 0 Å². The summed E-state index contributed by atoms with van der Waals surface area (Å²) in [6.45, 7) is 1.25. The fourth-order valence-corrected chi connectivity index (χ4v) is 2.63. The van der Waals surface area contributed by atoms with E-state index in [9.17, 15) is 9.90 Å². The zero-order valence-corrected chi connectivity index (χ0v) is 11.2. The van der Waals surface area contributed by atoms with Gasteiger partial charge >= 0.3 is 0 Å². The second-order valence-electron chi connectivity index (χ2n) is 5.09. The number of carbonyl (C=O) groups excluding carboxylic acids is 1. The Kier molecular flexibility index (Phi) is 3.52. The summed E-state index contributed by atoms with van der Waals surface area (Å²) < 4.78 is 0. The molecule has 0 bridgehead atoms. The lowest BCUT2D eigenvalue weighted by atomic mass is 9.99. The molecule has 0 spiro atoms. The van der Waals surface area contributed by atoms with Crippen molar-refractivity contribution < 1.29 is 9.90 Å². The summed E-state index contributed by atoms with van der Waals surface area (Å²) in [6, 6.07) is 17.2. The van der Waals surface area contributed by atoms with Gasteiger partial charge in [-0.05, 0) is 23.1 Å². The molecule has 2 aromatic carbocycles. The largest absolute Gasteiger partial charge is 0.378 e. The van der Waals surface area contributed by atoms with Crippen LogP contribution >= 0.6 is 0 Å². The van der Waals surface area contributed by atoms with Gasteiger partial charge in [0.1, 0.15) is 0 Å². The van der Waals surface area contributed by atoms with Crippen LogP contribution in [0, 0.1) is 0 Å². The zero-order valence-electron chi connectivity index (χ0n) is 11.2. The molecule has 20 heavy (non-hydrogen) atoms. The molecule has 1 heterocycles. The quantitative estimate of drug-likeness (QED) is 0.907. The van der Waals surface area contributed by atoms with Gasteiger partial charge in [-0.2, -0.15) is 0 Å². The SMILES string of the molecule is O=C(C(O)c1ccccc1)N1CCc2ccccc2C1. The molecule has 0 aromatic heterocycles.